The number of aliphatic hydroxyl groups is 1. The number of rotatable bonds is 45. The van der Waals surface area contributed by atoms with Crippen molar-refractivity contribution in [3.8, 4) is 0 Å². The van der Waals surface area contributed by atoms with Gasteiger partial charge in [-0.15, -0.1) is 0 Å². The van der Waals surface area contributed by atoms with E-state index in [-0.39, 0.29) is 25.9 Å². The van der Waals surface area contributed by atoms with E-state index in [0.717, 1.165) is 128 Å². The second-order valence-electron chi connectivity index (χ2n) is 16.3. The van der Waals surface area contributed by atoms with Crippen molar-refractivity contribution >= 4 is 25.7 Å². The van der Waals surface area contributed by atoms with E-state index in [4.69, 9.17) is 23.3 Å². The van der Waals surface area contributed by atoms with Crippen LogP contribution in [0, 0.1) is 0 Å². The van der Waals surface area contributed by atoms with Gasteiger partial charge in [-0.05, 0) is 83.5 Å². The zero-order valence-electron chi connectivity index (χ0n) is 39.3. The summed E-state index contributed by atoms with van der Waals surface area (Å²) in [6.45, 7) is 4.44. The maximum atomic E-state index is 12.8. The highest BCUT2D eigenvalue weighted by Gasteiger charge is 2.28. The SMILES string of the molecule is CCC/C=C\C/C=C\CCCCCCCC(=O)OC(COC(=O)CCCCCCC/C=C\CCCC)COP(=O)(O)OCC(CO)OC(=O)CCCCCCC/C=C\CCCC. The minimum Gasteiger partial charge on any atom is -0.462 e. The van der Waals surface area contributed by atoms with Gasteiger partial charge in [0.1, 0.15) is 12.7 Å². The number of carbonyl (C=O) groups excluding carboxylic acids is 3. The molecule has 0 aromatic carbocycles. The Labute approximate surface area is 377 Å². The Bertz CT molecular complexity index is 1230. The molecule has 2 N–H and O–H groups in total. The van der Waals surface area contributed by atoms with Crippen molar-refractivity contribution in [3.05, 3.63) is 48.6 Å². The Morgan fingerprint density at radius 2 is 0.823 bits per heavy atom. The third-order valence-corrected chi connectivity index (χ3v) is 11.1. The molecule has 12 heteroatoms. The molecule has 0 radical (unpaired) electrons. The molecule has 62 heavy (non-hydrogen) atoms. The normalized spacial score (nSPS) is 14.0. The van der Waals surface area contributed by atoms with Crippen molar-refractivity contribution < 1.29 is 52.2 Å². The molecule has 0 saturated heterocycles. The number of carbonyl (C=O) groups is 3. The molecule has 0 aliphatic carbocycles. The smallest absolute Gasteiger partial charge is 0.462 e. The number of aliphatic hydroxyl groups excluding tert-OH is 1. The first-order chi connectivity index (χ1) is 30.2. The van der Waals surface area contributed by atoms with E-state index in [1.807, 2.05) is 0 Å². The zero-order chi connectivity index (χ0) is 45.6. The van der Waals surface area contributed by atoms with Gasteiger partial charge in [-0.25, -0.2) is 4.57 Å². The van der Waals surface area contributed by atoms with Crippen molar-refractivity contribution in [3.63, 3.8) is 0 Å². The molecule has 11 nitrogen and oxygen atoms in total. The summed E-state index contributed by atoms with van der Waals surface area (Å²) < 4.78 is 39.2. The van der Waals surface area contributed by atoms with Crippen LogP contribution in [0.2, 0.25) is 0 Å². The monoisotopic (exact) mass is 897 g/mol. The van der Waals surface area contributed by atoms with E-state index < -0.39 is 57.8 Å². The third kappa shape index (κ3) is 42.7. The molecule has 3 unspecified atom stereocenters. The summed E-state index contributed by atoms with van der Waals surface area (Å²) in [6.07, 6.45) is 43.7. The second-order valence-corrected chi connectivity index (χ2v) is 17.7. The van der Waals surface area contributed by atoms with Crippen LogP contribution in [0.25, 0.3) is 0 Å². The molecule has 0 amide bonds. The molecule has 360 valence electrons. The minimum atomic E-state index is -4.74. The largest absolute Gasteiger partial charge is 0.472 e. The van der Waals surface area contributed by atoms with E-state index in [9.17, 15) is 28.9 Å². The van der Waals surface area contributed by atoms with E-state index in [1.165, 1.54) is 25.7 Å². The molecule has 0 aliphatic heterocycles. The first kappa shape index (κ1) is 59.4. The Hall–Kier alpha value is -2.56. The van der Waals surface area contributed by atoms with Crippen LogP contribution in [0.5, 0.6) is 0 Å². The van der Waals surface area contributed by atoms with Crippen molar-refractivity contribution in [1.82, 2.24) is 0 Å². The Balaban J connectivity index is 4.78. The summed E-state index contributed by atoms with van der Waals surface area (Å²) in [4.78, 5) is 48.1. The molecular formula is C50H89O11P. The average Bonchev–Trinajstić information content (AvgIpc) is 3.25. The number of ether oxygens (including phenoxy) is 3. The molecule has 0 spiro atoms. The number of allylic oxidation sites excluding steroid dienone is 8. The van der Waals surface area contributed by atoms with Crippen LogP contribution in [-0.4, -0.2) is 66.5 Å². The molecule has 3 atom stereocenters. The molecule has 0 saturated carbocycles. The number of phosphoric ester groups is 1. The fourth-order valence-corrected chi connectivity index (χ4v) is 7.14. The van der Waals surface area contributed by atoms with Crippen LogP contribution in [0.1, 0.15) is 213 Å². The number of hydrogen-bond donors (Lipinski definition) is 2. The topological polar surface area (TPSA) is 155 Å². The van der Waals surface area contributed by atoms with Crippen LogP contribution in [0.3, 0.4) is 0 Å². The minimum absolute atomic E-state index is 0.149. The number of esters is 3. The fraction of sp³-hybridized carbons (Fsp3) is 0.780. The molecule has 0 aliphatic rings. The predicted molar refractivity (Wildman–Crippen MR) is 252 cm³/mol. The van der Waals surface area contributed by atoms with E-state index >= 15 is 0 Å². The first-order valence-electron chi connectivity index (χ1n) is 24.5. The van der Waals surface area contributed by atoms with Crippen molar-refractivity contribution in [2.45, 2.75) is 226 Å². The highest BCUT2D eigenvalue weighted by Crippen LogP contribution is 2.43. The summed E-state index contributed by atoms with van der Waals surface area (Å²) in [7, 11) is -4.74. The van der Waals surface area contributed by atoms with Crippen LogP contribution in [-0.2, 0) is 42.2 Å². The summed E-state index contributed by atoms with van der Waals surface area (Å²) in [5, 5.41) is 9.73. The molecule has 0 bridgehead atoms. The zero-order valence-corrected chi connectivity index (χ0v) is 40.2. The van der Waals surface area contributed by atoms with Gasteiger partial charge >= 0.3 is 25.7 Å². The van der Waals surface area contributed by atoms with Crippen molar-refractivity contribution in [1.29, 1.82) is 0 Å². The Morgan fingerprint density at radius 1 is 0.452 bits per heavy atom. The highest BCUT2D eigenvalue weighted by atomic mass is 31.2. The Kier molecular flexibility index (Phi) is 43.2. The third-order valence-electron chi connectivity index (χ3n) is 10.2. The van der Waals surface area contributed by atoms with Crippen LogP contribution < -0.4 is 0 Å². The first-order valence-corrected chi connectivity index (χ1v) is 26.0. The summed E-state index contributed by atoms with van der Waals surface area (Å²) in [5.41, 5.74) is 0. The molecule has 0 rings (SSSR count). The second kappa shape index (κ2) is 45.0. The van der Waals surface area contributed by atoms with Crippen molar-refractivity contribution in [2.24, 2.45) is 0 Å². The van der Waals surface area contributed by atoms with Gasteiger partial charge in [0.05, 0.1) is 19.8 Å². The number of phosphoric acid groups is 1. The van der Waals surface area contributed by atoms with Gasteiger partial charge in [-0.1, -0.05) is 159 Å². The maximum absolute atomic E-state index is 12.8. The standard InChI is InChI=1S/C50H89O11P/c1-4-7-10-13-16-19-22-23-26-29-32-35-38-41-50(54)61-47(43-57-48(52)39-36-33-30-27-24-20-17-14-11-8-5-2)45-59-62(55,56)58-44-46(42-51)60-49(53)40-37-34-31-28-25-21-18-15-12-9-6-3/h10,13-15,17-19,22,46-47,51H,4-9,11-12,16,20-21,23-45H2,1-3H3,(H,55,56)/b13-10-,17-14-,18-15-,22-19-. The Morgan fingerprint density at radius 3 is 1.27 bits per heavy atom. The maximum Gasteiger partial charge on any atom is 0.472 e. The van der Waals surface area contributed by atoms with Gasteiger partial charge in [0.15, 0.2) is 6.10 Å². The summed E-state index contributed by atoms with van der Waals surface area (Å²) >= 11 is 0. The molecule has 0 fully saturated rings. The number of unbranched alkanes of at least 4 members (excludes halogenated alkanes) is 20. The number of hydrogen-bond acceptors (Lipinski definition) is 10. The van der Waals surface area contributed by atoms with Crippen LogP contribution >= 0.6 is 7.82 Å². The van der Waals surface area contributed by atoms with Gasteiger partial charge in [0, 0.05) is 19.3 Å². The lowest BCUT2D eigenvalue weighted by Gasteiger charge is -2.21. The van der Waals surface area contributed by atoms with E-state index in [1.54, 1.807) is 0 Å². The van der Waals surface area contributed by atoms with Crippen LogP contribution in [0.15, 0.2) is 48.6 Å². The molecular weight excluding hydrogens is 808 g/mol. The van der Waals surface area contributed by atoms with Gasteiger partial charge < -0.3 is 24.2 Å². The molecule has 0 aromatic rings. The lowest BCUT2D eigenvalue weighted by atomic mass is 10.1. The highest BCUT2D eigenvalue weighted by molar-refractivity contribution is 7.47. The predicted octanol–water partition coefficient (Wildman–Crippen LogP) is 13.5. The van der Waals surface area contributed by atoms with E-state index in [2.05, 4.69) is 69.4 Å². The quantitative estimate of drug-likeness (QED) is 0.0197. The van der Waals surface area contributed by atoms with Gasteiger partial charge in [0.2, 0.25) is 0 Å². The summed E-state index contributed by atoms with van der Waals surface area (Å²) in [5.74, 6) is -1.50. The van der Waals surface area contributed by atoms with Crippen molar-refractivity contribution in [2.75, 3.05) is 26.4 Å². The lowest BCUT2D eigenvalue weighted by Crippen LogP contribution is -2.30. The molecule has 0 heterocycles. The summed E-state index contributed by atoms with van der Waals surface area (Å²) in [6, 6.07) is 0. The van der Waals surface area contributed by atoms with Crippen LogP contribution in [0.4, 0.5) is 0 Å². The molecule has 0 aromatic heterocycles. The van der Waals surface area contributed by atoms with E-state index in [0.29, 0.717) is 19.3 Å². The van der Waals surface area contributed by atoms with Gasteiger partial charge in [-0.2, -0.15) is 0 Å². The lowest BCUT2D eigenvalue weighted by molar-refractivity contribution is -0.161. The average molecular weight is 897 g/mol. The van der Waals surface area contributed by atoms with Gasteiger partial charge in [-0.3, -0.25) is 23.4 Å². The van der Waals surface area contributed by atoms with Gasteiger partial charge in [0.25, 0.3) is 0 Å². The fourth-order valence-electron chi connectivity index (χ4n) is 6.35.